The van der Waals surface area contributed by atoms with Crippen LogP contribution in [0.4, 0.5) is 5.69 Å². The fourth-order valence-electron chi connectivity index (χ4n) is 3.61. The van der Waals surface area contributed by atoms with Crippen LogP contribution in [-0.2, 0) is 10.3 Å². The van der Waals surface area contributed by atoms with E-state index < -0.39 is 0 Å². The van der Waals surface area contributed by atoms with Crippen molar-refractivity contribution in [3.05, 3.63) is 48.0 Å². The number of hydrogen-bond donors (Lipinski definition) is 1. The molecule has 1 heterocycles. The third-order valence-corrected chi connectivity index (χ3v) is 4.98. The highest BCUT2D eigenvalue weighted by Crippen LogP contribution is 2.36. The summed E-state index contributed by atoms with van der Waals surface area (Å²) in [6, 6.07) is 11.6. The van der Waals surface area contributed by atoms with E-state index in [1.165, 1.54) is 22.0 Å². The van der Waals surface area contributed by atoms with E-state index in [4.69, 9.17) is 4.74 Å². The SMILES string of the molecule is C=Cc1cc2cc([C@@]3(OC)CN[C@H](C)C3)ccc2cc1N(C)C. The van der Waals surface area contributed by atoms with Gasteiger partial charge in [-0.2, -0.15) is 0 Å². The molecule has 1 aliphatic heterocycles. The van der Waals surface area contributed by atoms with Gasteiger partial charge in [0.05, 0.1) is 0 Å². The molecule has 2 aromatic rings. The molecule has 0 amide bonds. The van der Waals surface area contributed by atoms with E-state index >= 15 is 0 Å². The summed E-state index contributed by atoms with van der Waals surface area (Å²) in [5.41, 5.74) is 3.38. The second-order valence-corrected chi connectivity index (χ2v) is 6.76. The molecule has 1 N–H and O–H groups in total. The van der Waals surface area contributed by atoms with Gasteiger partial charge in [0.2, 0.25) is 0 Å². The molecule has 3 rings (SSSR count). The van der Waals surface area contributed by atoms with Crippen LogP contribution in [0.2, 0.25) is 0 Å². The van der Waals surface area contributed by atoms with Crippen LogP contribution in [-0.4, -0.2) is 33.8 Å². The van der Waals surface area contributed by atoms with E-state index in [2.05, 4.69) is 68.1 Å². The van der Waals surface area contributed by atoms with Gasteiger partial charge < -0.3 is 15.0 Å². The Labute approximate surface area is 138 Å². The molecule has 0 radical (unpaired) electrons. The molecule has 0 aliphatic carbocycles. The fraction of sp³-hybridized carbons (Fsp3) is 0.400. The van der Waals surface area contributed by atoms with Gasteiger partial charge in [0.15, 0.2) is 0 Å². The van der Waals surface area contributed by atoms with E-state index in [0.717, 1.165) is 18.5 Å². The van der Waals surface area contributed by atoms with Gasteiger partial charge in [-0.15, -0.1) is 0 Å². The predicted octanol–water partition coefficient (Wildman–Crippen LogP) is 3.77. The molecule has 3 heteroatoms. The summed E-state index contributed by atoms with van der Waals surface area (Å²) in [4.78, 5) is 2.13. The lowest BCUT2D eigenvalue weighted by Crippen LogP contribution is -2.30. The third-order valence-electron chi connectivity index (χ3n) is 4.98. The quantitative estimate of drug-likeness (QED) is 0.930. The average molecular weight is 310 g/mol. The minimum atomic E-state index is -0.220. The van der Waals surface area contributed by atoms with Crippen molar-refractivity contribution in [3.63, 3.8) is 0 Å². The molecule has 122 valence electrons. The Morgan fingerprint density at radius 2 is 2.04 bits per heavy atom. The Morgan fingerprint density at radius 1 is 1.26 bits per heavy atom. The number of nitrogens with one attached hydrogen (secondary N) is 1. The Bertz CT molecular complexity index is 738. The Hall–Kier alpha value is -1.84. The summed E-state index contributed by atoms with van der Waals surface area (Å²) in [7, 11) is 5.94. The lowest BCUT2D eigenvalue weighted by atomic mass is 9.89. The lowest BCUT2D eigenvalue weighted by Gasteiger charge is -2.28. The standard InChI is InChI=1S/C20H26N2O/c1-6-15-9-17-10-18(20(23-5)12-14(2)21-13-20)8-7-16(17)11-19(15)22(3)4/h6-11,14,21H,1,12-13H2,2-5H3/t14-,20+/m1/s1. The normalized spacial score (nSPS) is 24.1. The molecule has 2 aromatic carbocycles. The van der Waals surface area contributed by atoms with Gasteiger partial charge >= 0.3 is 0 Å². The summed E-state index contributed by atoms with van der Waals surface area (Å²) in [6.45, 7) is 7.03. The Morgan fingerprint density at radius 3 is 2.61 bits per heavy atom. The van der Waals surface area contributed by atoms with E-state index in [1.807, 2.05) is 13.2 Å². The van der Waals surface area contributed by atoms with E-state index in [1.54, 1.807) is 0 Å². The maximum absolute atomic E-state index is 5.93. The number of anilines is 1. The van der Waals surface area contributed by atoms with Crippen molar-refractivity contribution in [2.24, 2.45) is 0 Å². The number of methoxy groups -OCH3 is 1. The Kier molecular flexibility index (Phi) is 4.17. The van der Waals surface area contributed by atoms with Crippen LogP contribution in [0.3, 0.4) is 0 Å². The van der Waals surface area contributed by atoms with Crippen molar-refractivity contribution in [1.82, 2.24) is 5.32 Å². The molecule has 1 saturated heterocycles. The van der Waals surface area contributed by atoms with Crippen LogP contribution < -0.4 is 10.2 Å². The summed E-state index contributed by atoms with van der Waals surface area (Å²) in [6.07, 6.45) is 2.92. The molecular weight excluding hydrogens is 284 g/mol. The molecule has 0 spiro atoms. The van der Waals surface area contributed by atoms with Crippen molar-refractivity contribution in [2.75, 3.05) is 32.6 Å². The summed E-state index contributed by atoms with van der Waals surface area (Å²) >= 11 is 0. The van der Waals surface area contributed by atoms with Gasteiger partial charge in [0.1, 0.15) is 5.60 Å². The monoisotopic (exact) mass is 310 g/mol. The smallest absolute Gasteiger partial charge is 0.107 e. The molecule has 0 bridgehead atoms. The molecule has 0 unspecified atom stereocenters. The Balaban J connectivity index is 2.12. The first-order chi connectivity index (χ1) is 11.0. The minimum Gasteiger partial charge on any atom is -0.377 e. The molecule has 3 nitrogen and oxygen atoms in total. The zero-order chi connectivity index (χ0) is 16.6. The van der Waals surface area contributed by atoms with Crippen LogP contribution in [0, 0.1) is 0 Å². The first-order valence-corrected chi connectivity index (χ1v) is 8.15. The van der Waals surface area contributed by atoms with Crippen molar-refractivity contribution < 1.29 is 4.74 Å². The predicted molar refractivity (Wildman–Crippen MR) is 99.1 cm³/mol. The minimum absolute atomic E-state index is 0.220. The lowest BCUT2D eigenvalue weighted by molar-refractivity contribution is 0.00157. The van der Waals surface area contributed by atoms with E-state index in [9.17, 15) is 0 Å². The highest BCUT2D eigenvalue weighted by molar-refractivity contribution is 5.90. The van der Waals surface area contributed by atoms with Crippen molar-refractivity contribution in [1.29, 1.82) is 0 Å². The molecule has 1 fully saturated rings. The second kappa shape index (κ2) is 5.99. The van der Waals surface area contributed by atoms with Gasteiger partial charge in [0, 0.05) is 39.5 Å². The molecule has 2 atom stereocenters. The first-order valence-electron chi connectivity index (χ1n) is 8.15. The number of benzene rings is 2. The number of hydrogen-bond acceptors (Lipinski definition) is 3. The first kappa shape index (κ1) is 16.0. The summed E-state index contributed by atoms with van der Waals surface area (Å²) in [5.74, 6) is 0. The van der Waals surface area contributed by atoms with Crippen molar-refractivity contribution in [3.8, 4) is 0 Å². The largest absolute Gasteiger partial charge is 0.377 e. The maximum atomic E-state index is 5.93. The molecular formula is C20H26N2O. The zero-order valence-corrected chi connectivity index (χ0v) is 14.5. The number of fused-ring (bicyclic) bond motifs is 1. The molecule has 1 aliphatic rings. The van der Waals surface area contributed by atoms with Crippen LogP contribution in [0.25, 0.3) is 16.8 Å². The van der Waals surface area contributed by atoms with Crippen molar-refractivity contribution in [2.45, 2.75) is 25.0 Å². The number of ether oxygens (including phenoxy) is 1. The van der Waals surface area contributed by atoms with Gasteiger partial charge in [-0.1, -0.05) is 24.8 Å². The van der Waals surface area contributed by atoms with Gasteiger partial charge in [-0.25, -0.2) is 0 Å². The van der Waals surface area contributed by atoms with E-state index in [0.29, 0.717) is 6.04 Å². The van der Waals surface area contributed by atoms with Gasteiger partial charge in [-0.05, 0) is 53.4 Å². The van der Waals surface area contributed by atoms with Gasteiger partial charge in [0.25, 0.3) is 0 Å². The average Bonchev–Trinajstić information content (AvgIpc) is 2.95. The molecule has 0 saturated carbocycles. The van der Waals surface area contributed by atoms with Crippen LogP contribution in [0.1, 0.15) is 24.5 Å². The molecule has 0 aromatic heterocycles. The summed E-state index contributed by atoms with van der Waals surface area (Å²) in [5, 5.41) is 5.99. The summed E-state index contributed by atoms with van der Waals surface area (Å²) < 4.78 is 5.93. The fourth-order valence-corrected chi connectivity index (χ4v) is 3.61. The van der Waals surface area contributed by atoms with Gasteiger partial charge in [-0.3, -0.25) is 0 Å². The highest BCUT2D eigenvalue weighted by Gasteiger charge is 2.39. The maximum Gasteiger partial charge on any atom is 0.107 e. The topological polar surface area (TPSA) is 24.5 Å². The van der Waals surface area contributed by atoms with E-state index in [-0.39, 0.29) is 5.60 Å². The third kappa shape index (κ3) is 2.75. The van der Waals surface area contributed by atoms with Crippen LogP contribution in [0.5, 0.6) is 0 Å². The number of nitrogens with zero attached hydrogens (tertiary/aromatic N) is 1. The highest BCUT2D eigenvalue weighted by atomic mass is 16.5. The van der Waals surface area contributed by atoms with Crippen LogP contribution >= 0.6 is 0 Å². The van der Waals surface area contributed by atoms with Crippen molar-refractivity contribution >= 4 is 22.5 Å². The molecule has 23 heavy (non-hydrogen) atoms. The van der Waals surface area contributed by atoms with Crippen LogP contribution in [0.15, 0.2) is 36.9 Å². The second-order valence-electron chi connectivity index (χ2n) is 6.76. The number of rotatable bonds is 4. The zero-order valence-electron chi connectivity index (χ0n) is 14.5.